The Balaban J connectivity index is 2.14. The molecule has 1 heterocycles. The van der Waals surface area contributed by atoms with Gasteiger partial charge in [0.05, 0.1) is 5.56 Å². The van der Waals surface area contributed by atoms with Crippen LogP contribution in [-0.2, 0) is 0 Å². The van der Waals surface area contributed by atoms with Crippen molar-refractivity contribution >= 4 is 27.5 Å². The minimum Gasteiger partial charge on any atom is -0.322 e. The zero-order valence-corrected chi connectivity index (χ0v) is 10.9. The van der Waals surface area contributed by atoms with Gasteiger partial charge in [0.1, 0.15) is 0 Å². The van der Waals surface area contributed by atoms with Crippen molar-refractivity contribution in [2.75, 3.05) is 5.32 Å². The summed E-state index contributed by atoms with van der Waals surface area (Å²) in [5, 5.41) is 2.81. The highest BCUT2D eigenvalue weighted by Crippen LogP contribution is 2.15. The first-order valence-electron chi connectivity index (χ1n) is 5.14. The minimum absolute atomic E-state index is 0.150. The normalized spacial score (nSPS) is 10.0. The first kappa shape index (κ1) is 11.8. The van der Waals surface area contributed by atoms with E-state index in [1.807, 2.05) is 31.2 Å². The third kappa shape index (κ3) is 3.14. The second-order valence-electron chi connectivity index (χ2n) is 3.71. The summed E-state index contributed by atoms with van der Waals surface area (Å²) >= 11 is 3.34. The second kappa shape index (κ2) is 5.10. The lowest BCUT2D eigenvalue weighted by atomic mass is 10.2. The summed E-state index contributed by atoms with van der Waals surface area (Å²) in [6.07, 6.45) is 3.28. The molecule has 4 heteroatoms. The predicted octanol–water partition coefficient (Wildman–Crippen LogP) is 3.40. The van der Waals surface area contributed by atoms with Crippen LogP contribution in [0, 0.1) is 6.92 Å². The van der Waals surface area contributed by atoms with E-state index in [-0.39, 0.29) is 5.91 Å². The van der Waals surface area contributed by atoms with Crippen LogP contribution in [0.5, 0.6) is 0 Å². The number of benzene rings is 1. The fourth-order valence-electron chi connectivity index (χ4n) is 1.42. The monoisotopic (exact) mass is 290 g/mol. The minimum atomic E-state index is -0.150. The van der Waals surface area contributed by atoms with Crippen molar-refractivity contribution in [1.29, 1.82) is 0 Å². The van der Waals surface area contributed by atoms with Gasteiger partial charge in [0.25, 0.3) is 5.91 Å². The number of aromatic nitrogens is 1. The van der Waals surface area contributed by atoms with Gasteiger partial charge in [-0.25, -0.2) is 0 Å². The van der Waals surface area contributed by atoms with Crippen LogP contribution < -0.4 is 5.32 Å². The molecule has 1 amide bonds. The van der Waals surface area contributed by atoms with E-state index in [2.05, 4.69) is 26.2 Å². The molecular weight excluding hydrogens is 280 g/mol. The molecular formula is C13H11BrN2O. The van der Waals surface area contributed by atoms with Crippen molar-refractivity contribution in [3.8, 4) is 0 Å². The number of carbonyl (C=O) groups is 1. The Morgan fingerprint density at radius 3 is 2.59 bits per heavy atom. The molecule has 3 nitrogen and oxygen atoms in total. The van der Waals surface area contributed by atoms with Gasteiger partial charge in [-0.3, -0.25) is 9.78 Å². The Hall–Kier alpha value is -1.68. The first-order chi connectivity index (χ1) is 8.15. The predicted molar refractivity (Wildman–Crippen MR) is 71.1 cm³/mol. The zero-order valence-electron chi connectivity index (χ0n) is 9.27. The third-order valence-corrected chi connectivity index (χ3v) is 2.77. The standard InChI is InChI=1S/C13H11BrN2O/c1-9-6-10(8-15-7-9)13(17)16-12-4-2-11(14)3-5-12/h2-8H,1H3,(H,16,17). The van der Waals surface area contributed by atoms with Crippen LogP contribution in [0.3, 0.4) is 0 Å². The topological polar surface area (TPSA) is 42.0 Å². The van der Waals surface area contributed by atoms with Gasteiger partial charge in [0, 0.05) is 22.6 Å². The van der Waals surface area contributed by atoms with E-state index in [1.165, 1.54) is 0 Å². The number of halogens is 1. The Morgan fingerprint density at radius 2 is 1.94 bits per heavy atom. The maximum atomic E-state index is 11.9. The molecule has 0 spiro atoms. The number of pyridine rings is 1. The Kier molecular flexibility index (Phi) is 3.54. The SMILES string of the molecule is Cc1cncc(C(=O)Nc2ccc(Br)cc2)c1. The Bertz CT molecular complexity index is 537. The van der Waals surface area contributed by atoms with Gasteiger partial charge < -0.3 is 5.32 Å². The molecule has 0 fully saturated rings. The number of nitrogens with one attached hydrogen (secondary N) is 1. The average molecular weight is 291 g/mol. The summed E-state index contributed by atoms with van der Waals surface area (Å²) in [6.45, 7) is 1.91. The number of anilines is 1. The van der Waals surface area contributed by atoms with E-state index in [4.69, 9.17) is 0 Å². The van der Waals surface area contributed by atoms with E-state index < -0.39 is 0 Å². The van der Waals surface area contributed by atoms with Gasteiger partial charge in [-0.15, -0.1) is 0 Å². The van der Waals surface area contributed by atoms with Gasteiger partial charge in [0.15, 0.2) is 0 Å². The van der Waals surface area contributed by atoms with Crippen molar-refractivity contribution in [1.82, 2.24) is 4.98 Å². The van der Waals surface area contributed by atoms with Crippen molar-refractivity contribution in [2.24, 2.45) is 0 Å². The van der Waals surface area contributed by atoms with Gasteiger partial charge in [0.2, 0.25) is 0 Å². The molecule has 0 aliphatic carbocycles. The van der Waals surface area contributed by atoms with Crippen LogP contribution in [-0.4, -0.2) is 10.9 Å². The molecule has 17 heavy (non-hydrogen) atoms. The summed E-state index contributed by atoms with van der Waals surface area (Å²) in [5.74, 6) is -0.150. The lowest BCUT2D eigenvalue weighted by molar-refractivity contribution is 0.102. The number of nitrogens with zero attached hydrogens (tertiary/aromatic N) is 1. The van der Waals surface area contributed by atoms with E-state index in [0.29, 0.717) is 5.56 Å². The van der Waals surface area contributed by atoms with E-state index in [1.54, 1.807) is 18.5 Å². The fourth-order valence-corrected chi connectivity index (χ4v) is 1.68. The summed E-state index contributed by atoms with van der Waals surface area (Å²) in [4.78, 5) is 15.9. The molecule has 1 N–H and O–H groups in total. The van der Waals surface area contributed by atoms with Gasteiger partial charge in [-0.1, -0.05) is 15.9 Å². The molecule has 1 aromatic heterocycles. The summed E-state index contributed by atoms with van der Waals surface area (Å²) < 4.78 is 0.979. The molecule has 0 saturated heterocycles. The largest absolute Gasteiger partial charge is 0.322 e. The van der Waals surface area contributed by atoms with E-state index in [0.717, 1.165) is 15.7 Å². The lowest BCUT2D eigenvalue weighted by Gasteiger charge is -2.05. The maximum absolute atomic E-state index is 11.9. The number of rotatable bonds is 2. The highest BCUT2D eigenvalue weighted by Gasteiger charge is 2.06. The second-order valence-corrected chi connectivity index (χ2v) is 4.63. The van der Waals surface area contributed by atoms with Crippen molar-refractivity contribution in [3.05, 3.63) is 58.3 Å². The molecule has 0 aliphatic rings. The molecule has 0 bridgehead atoms. The number of aryl methyl sites for hydroxylation is 1. The lowest BCUT2D eigenvalue weighted by Crippen LogP contribution is -2.12. The van der Waals surface area contributed by atoms with Crippen LogP contribution in [0.15, 0.2) is 47.2 Å². The van der Waals surface area contributed by atoms with Crippen LogP contribution in [0.2, 0.25) is 0 Å². The number of hydrogen-bond acceptors (Lipinski definition) is 2. The average Bonchev–Trinajstić information content (AvgIpc) is 2.32. The number of carbonyl (C=O) groups excluding carboxylic acids is 1. The van der Waals surface area contributed by atoms with Crippen molar-refractivity contribution in [3.63, 3.8) is 0 Å². The summed E-state index contributed by atoms with van der Waals surface area (Å²) in [7, 11) is 0. The maximum Gasteiger partial charge on any atom is 0.257 e. The summed E-state index contributed by atoms with van der Waals surface area (Å²) in [5.41, 5.74) is 2.29. The van der Waals surface area contributed by atoms with Crippen molar-refractivity contribution < 1.29 is 4.79 Å². The molecule has 0 atom stereocenters. The molecule has 2 rings (SSSR count). The van der Waals surface area contributed by atoms with Gasteiger partial charge >= 0.3 is 0 Å². The third-order valence-electron chi connectivity index (χ3n) is 2.24. The molecule has 2 aromatic rings. The number of hydrogen-bond donors (Lipinski definition) is 1. The fraction of sp³-hybridized carbons (Fsp3) is 0.0769. The molecule has 0 unspecified atom stereocenters. The molecule has 0 saturated carbocycles. The van der Waals surface area contributed by atoms with Crippen LogP contribution >= 0.6 is 15.9 Å². The highest BCUT2D eigenvalue weighted by atomic mass is 79.9. The quantitative estimate of drug-likeness (QED) is 0.921. The smallest absolute Gasteiger partial charge is 0.257 e. The Labute approximate surface area is 108 Å². The van der Waals surface area contributed by atoms with Gasteiger partial charge in [-0.05, 0) is 42.8 Å². The van der Waals surface area contributed by atoms with Gasteiger partial charge in [-0.2, -0.15) is 0 Å². The van der Waals surface area contributed by atoms with E-state index in [9.17, 15) is 4.79 Å². The zero-order chi connectivity index (χ0) is 12.3. The summed E-state index contributed by atoms with van der Waals surface area (Å²) in [6, 6.07) is 9.24. The molecule has 0 radical (unpaired) electrons. The van der Waals surface area contributed by atoms with E-state index >= 15 is 0 Å². The van der Waals surface area contributed by atoms with Crippen LogP contribution in [0.25, 0.3) is 0 Å². The molecule has 1 aromatic carbocycles. The highest BCUT2D eigenvalue weighted by molar-refractivity contribution is 9.10. The Morgan fingerprint density at radius 1 is 1.24 bits per heavy atom. The molecule has 0 aliphatic heterocycles. The van der Waals surface area contributed by atoms with Crippen molar-refractivity contribution in [2.45, 2.75) is 6.92 Å². The number of amides is 1. The molecule has 86 valence electrons. The van der Waals surface area contributed by atoms with Crippen LogP contribution in [0.1, 0.15) is 15.9 Å². The first-order valence-corrected chi connectivity index (χ1v) is 5.93. The van der Waals surface area contributed by atoms with Crippen LogP contribution in [0.4, 0.5) is 5.69 Å².